The van der Waals surface area contributed by atoms with Gasteiger partial charge in [0.2, 0.25) is 0 Å². The van der Waals surface area contributed by atoms with E-state index in [1.807, 2.05) is 0 Å². The number of nitrogens with one attached hydrogen (secondary N) is 1. The molecule has 1 aliphatic heterocycles. The zero-order chi connectivity index (χ0) is 14.5. The van der Waals surface area contributed by atoms with Gasteiger partial charge in [-0.1, -0.05) is 13.8 Å². The zero-order valence-electron chi connectivity index (χ0n) is 12.8. The Morgan fingerprint density at radius 3 is 2.85 bits per heavy atom. The number of hydrogen-bond acceptors (Lipinski definition) is 5. The number of nitrogens with zero attached hydrogens (tertiary/aromatic N) is 3. The van der Waals surface area contributed by atoms with Gasteiger partial charge < -0.3 is 15.3 Å². The third-order valence-electron chi connectivity index (χ3n) is 3.89. The minimum Gasteiger partial charge on any atom is -0.394 e. The molecule has 20 heavy (non-hydrogen) atoms. The minimum absolute atomic E-state index is 0.186. The highest BCUT2D eigenvalue weighted by Gasteiger charge is 2.27. The summed E-state index contributed by atoms with van der Waals surface area (Å²) in [5, 5.41) is 13.0. The molecule has 0 radical (unpaired) electrons. The highest BCUT2D eigenvalue weighted by atomic mass is 16.3. The van der Waals surface area contributed by atoms with Crippen molar-refractivity contribution in [2.24, 2.45) is 0 Å². The fraction of sp³-hybridized carbons (Fsp3) is 0.733. The van der Waals surface area contributed by atoms with Crippen molar-refractivity contribution in [2.75, 3.05) is 29.9 Å². The van der Waals surface area contributed by atoms with Gasteiger partial charge in [-0.2, -0.15) is 0 Å². The Labute approximate surface area is 121 Å². The van der Waals surface area contributed by atoms with Crippen LogP contribution in [0.3, 0.4) is 0 Å². The molecule has 1 atom stereocenters. The van der Waals surface area contributed by atoms with Crippen molar-refractivity contribution in [3.8, 4) is 0 Å². The highest BCUT2D eigenvalue weighted by Crippen LogP contribution is 2.33. The van der Waals surface area contributed by atoms with Crippen molar-refractivity contribution in [2.45, 2.75) is 52.0 Å². The van der Waals surface area contributed by atoms with E-state index < -0.39 is 0 Å². The maximum absolute atomic E-state index is 9.62. The maximum atomic E-state index is 9.62. The van der Waals surface area contributed by atoms with E-state index in [1.165, 1.54) is 6.42 Å². The van der Waals surface area contributed by atoms with Crippen LogP contribution in [0.2, 0.25) is 0 Å². The number of piperidine rings is 1. The average Bonchev–Trinajstić information content (AvgIpc) is 2.47. The van der Waals surface area contributed by atoms with Gasteiger partial charge in [0.05, 0.1) is 12.6 Å². The van der Waals surface area contributed by atoms with Gasteiger partial charge in [0.1, 0.15) is 18.0 Å². The lowest BCUT2D eigenvalue weighted by Crippen LogP contribution is -2.43. The third kappa shape index (κ3) is 3.03. The van der Waals surface area contributed by atoms with Crippen molar-refractivity contribution in [3.05, 3.63) is 11.9 Å². The molecule has 2 heterocycles. The van der Waals surface area contributed by atoms with Gasteiger partial charge in [0.25, 0.3) is 0 Å². The number of anilines is 2. The molecule has 0 aliphatic carbocycles. The Kier molecular flexibility index (Phi) is 5.17. The quantitative estimate of drug-likeness (QED) is 0.866. The van der Waals surface area contributed by atoms with E-state index in [2.05, 4.69) is 41.0 Å². The summed E-state index contributed by atoms with van der Waals surface area (Å²) >= 11 is 0. The molecular weight excluding hydrogens is 252 g/mol. The Morgan fingerprint density at radius 1 is 1.40 bits per heavy atom. The first-order valence-electron chi connectivity index (χ1n) is 7.65. The van der Waals surface area contributed by atoms with Crippen LogP contribution in [0, 0.1) is 0 Å². The molecule has 1 unspecified atom stereocenters. The minimum atomic E-state index is 0.186. The van der Waals surface area contributed by atoms with Gasteiger partial charge >= 0.3 is 0 Å². The van der Waals surface area contributed by atoms with E-state index in [4.69, 9.17) is 0 Å². The van der Waals surface area contributed by atoms with E-state index in [0.717, 1.165) is 43.1 Å². The molecule has 1 saturated heterocycles. The molecule has 0 aromatic carbocycles. The van der Waals surface area contributed by atoms with Crippen LogP contribution in [0.25, 0.3) is 0 Å². The van der Waals surface area contributed by atoms with Crippen molar-refractivity contribution in [1.29, 1.82) is 0 Å². The molecule has 2 N–H and O–H groups in total. The first-order chi connectivity index (χ1) is 9.69. The number of rotatable bonds is 5. The van der Waals surface area contributed by atoms with Gasteiger partial charge in [-0.25, -0.2) is 9.97 Å². The summed E-state index contributed by atoms with van der Waals surface area (Å²) < 4.78 is 0. The Morgan fingerprint density at radius 2 is 2.20 bits per heavy atom. The van der Waals surface area contributed by atoms with Crippen LogP contribution in [-0.2, 0) is 0 Å². The lowest BCUT2D eigenvalue weighted by Gasteiger charge is -2.37. The second-order valence-electron chi connectivity index (χ2n) is 5.67. The van der Waals surface area contributed by atoms with Crippen LogP contribution in [0.1, 0.15) is 51.5 Å². The number of aromatic nitrogens is 2. The molecule has 112 valence electrons. The van der Waals surface area contributed by atoms with E-state index in [-0.39, 0.29) is 12.6 Å². The van der Waals surface area contributed by atoms with Crippen LogP contribution >= 0.6 is 0 Å². The summed E-state index contributed by atoms with van der Waals surface area (Å²) in [6, 6.07) is 0.186. The smallest absolute Gasteiger partial charge is 0.137 e. The molecule has 0 spiro atoms. The van der Waals surface area contributed by atoms with Crippen molar-refractivity contribution >= 4 is 11.6 Å². The maximum Gasteiger partial charge on any atom is 0.137 e. The molecule has 1 aromatic heterocycles. The molecule has 0 saturated carbocycles. The van der Waals surface area contributed by atoms with Crippen molar-refractivity contribution in [1.82, 2.24) is 9.97 Å². The predicted molar refractivity (Wildman–Crippen MR) is 82.4 cm³/mol. The van der Waals surface area contributed by atoms with Gasteiger partial charge in [-0.15, -0.1) is 0 Å². The summed E-state index contributed by atoms with van der Waals surface area (Å²) in [6.07, 6.45) is 5.01. The van der Waals surface area contributed by atoms with Gasteiger partial charge in [-0.05, 0) is 32.1 Å². The van der Waals surface area contributed by atoms with E-state index in [0.29, 0.717) is 5.92 Å². The zero-order valence-corrected chi connectivity index (χ0v) is 12.8. The Balaban J connectivity index is 2.41. The second kappa shape index (κ2) is 6.88. The van der Waals surface area contributed by atoms with Crippen LogP contribution in [-0.4, -0.2) is 40.8 Å². The van der Waals surface area contributed by atoms with Crippen LogP contribution in [0.15, 0.2) is 6.33 Å². The Bertz CT molecular complexity index is 436. The molecule has 5 nitrogen and oxygen atoms in total. The van der Waals surface area contributed by atoms with Gasteiger partial charge in [0.15, 0.2) is 0 Å². The number of hydrogen-bond donors (Lipinski definition) is 2. The molecule has 1 aliphatic rings. The van der Waals surface area contributed by atoms with E-state index >= 15 is 0 Å². The SMILES string of the molecule is CCNc1ncnc(N2CCCCC2CO)c1C(C)C. The average molecular weight is 278 g/mol. The van der Waals surface area contributed by atoms with E-state index in [9.17, 15) is 5.11 Å². The first-order valence-corrected chi connectivity index (χ1v) is 7.65. The summed E-state index contributed by atoms with van der Waals surface area (Å²) in [4.78, 5) is 11.2. The molecule has 2 rings (SSSR count). The monoisotopic (exact) mass is 278 g/mol. The molecule has 1 fully saturated rings. The fourth-order valence-electron chi connectivity index (χ4n) is 2.92. The molecule has 1 aromatic rings. The third-order valence-corrected chi connectivity index (χ3v) is 3.89. The van der Waals surface area contributed by atoms with Crippen molar-refractivity contribution in [3.63, 3.8) is 0 Å². The van der Waals surface area contributed by atoms with Crippen molar-refractivity contribution < 1.29 is 5.11 Å². The highest BCUT2D eigenvalue weighted by molar-refractivity contribution is 5.61. The topological polar surface area (TPSA) is 61.3 Å². The predicted octanol–water partition coefficient (Wildman–Crippen LogP) is 2.38. The lowest BCUT2D eigenvalue weighted by atomic mass is 9.99. The molecule has 0 bridgehead atoms. The van der Waals surface area contributed by atoms with Crippen LogP contribution in [0.5, 0.6) is 0 Å². The first kappa shape index (κ1) is 15.0. The molecule has 5 heteroatoms. The van der Waals surface area contributed by atoms with E-state index in [1.54, 1.807) is 6.33 Å². The summed E-state index contributed by atoms with van der Waals surface area (Å²) in [7, 11) is 0. The summed E-state index contributed by atoms with van der Waals surface area (Å²) in [5.74, 6) is 2.26. The summed E-state index contributed by atoms with van der Waals surface area (Å²) in [6.45, 7) is 8.41. The lowest BCUT2D eigenvalue weighted by molar-refractivity contribution is 0.239. The standard InChI is InChI=1S/C15H26N4O/c1-4-16-14-13(11(2)3)15(18-10-17-14)19-8-6-5-7-12(19)9-20/h10-12,20H,4-9H2,1-3H3,(H,16,17,18). The largest absolute Gasteiger partial charge is 0.394 e. The van der Waals surface area contributed by atoms with Gasteiger partial charge in [-0.3, -0.25) is 0 Å². The molecular formula is C15H26N4O. The number of aliphatic hydroxyl groups excluding tert-OH is 1. The Hall–Kier alpha value is -1.36. The van der Waals surface area contributed by atoms with Gasteiger partial charge in [0, 0.05) is 18.7 Å². The fourth-order valence-corrected chi connectivity index (χ4v) is 2.92. The summed E-state index contributed by atoms with van der Waals surface area (Å²) in [5.41, 5.74) is 1.16. The normalized spacial score (nSPS) is 19.4. The van der Waals surface area contributed by atoms with Crippen LogP contribution < -0.4 is 10.2 Å². The number of aliphatic hydroxyl groups is 1. The molecule has 0 amide bonds. The second-order valence-corrected chi connectivity index (χ2v) is 5.67. The van der Waals surface area contributed by atoms with Crippen LogP contribution in [0.4, 0.5) is 11.6 Å².